The molecule has 0 spiro atoms. The number of aromatic nitrogens is 1. The Bertz CT molecular complexity index is 492. The summed E-state index contributed by atoms with van der Waals surface area (Å²) in [7, 11) is 0. The van der Waals surface area contributed by atoms with Crippen LogP contribution in [0.5, 0.6) is 0 Å². The number of fused-ring (bicyclic) bond motifs is 1. The molecule has 0 saturated heterocycles. The van der Waals surface area contributed by atoms with Crippen molar-refractivity contribution in [2.45, 2.75) is 6.42 Å². The molecule has 0 atom stereocenters. The number of oxazole rings is 1. The molecule has 72 valence electrons. The molecular formula is C9H6BrNO3. The van der Waals surface area contributed by atoms with E-state index < -0.39 is 5.97 Å². The number of aliphatic carboxylic acids is 1. The van der Waals surface area contributed by atoms with E-state index in [1.165, 1.54) is 0 Å². The van der Waals surface area contributed by atoms with E-state index in [9.17, 15) is 4.79 Å². The van der Waals surface area contributed by atoms with Gasteiger partial charge in [0.2, 0.25) is 0 Å². The predicted octanol–water partition coefficient (Wildman–Crippen LogP) is 2.22. The van der Waals surface area contributed by atoms with Gasteiger partial charge in [0, 0.05) is 15.9 Å². The Morgan fingerprint density at radius 3 is 3.07 bits per heavy atom. The summed E-state index contributed by atoms with van der Waals surface area (Å²) in [5.41, 5.74) is 2.02. The third kappa shape index (κ3) is 1.77. The predicted molar refractivity (Wildman–Crippen MR) is 53.0 cm³/mol. The molecule has 2 rings (SSSR count). The number of carbonyl (C=O) groups is 1. The number of carboxylic acids is 1. The lowest BCUT2D eigenvalue weighted by molar-refractivity contribution is -0.136. The summed E-state index contributed by atoms with van der Waals surface area (Å²) in [4.78, 5) is 14.9. The lowest BCUT2D eigenvalue weighted by Crippen LogP contribution is -1.99. The van der Waals surface area contributed by atoms with E-state index in [1.807, 2.05) is 0 Å². The molecule has 2 aromatic rings. The zero-order valence-electron chi connectivity index (χ0n) is 7.03. The molecule has 0 unspecified atom stereocenters. The van der Waals surface area contributed by atoms with Crippen molar-refractivity contribution in [2.24, 2.45) is 0 Å². The minimum atomic E-state index is -0.855. The summed E-state index contributed by atoms with van der Waals surface area (Å²) in [6.45, 7) is 0. The number of benzene rings is 1. The fraction of sp³-hybridized carbons (Fsp3) is 0.111. The van der Waals surface area contributed by atoms with Gasteiger partial charge in [-0.15, -0.1) is 0 Å². The summed E-state index contributed by atoms with van der Waals surface area (Å²) in [5.74, 6) is -0.855. The van der Waals surface area contributed by atoms with Gasteiger partial charge in [-0.3, -0.25) is 4.79 Å². The number of carboxylic acid groups (broad SMARTS) is 1. The fourth-order valence-electron chi connectivity index (χ4n) is 1.23. The van der Waals surface area contributed by atoms with E-state index in [4.69, 9.17) is 9.52 Å². The SMILES string of the molecule is O=C(O)Cc1ccc2oc(Br)nc2c1. The first-order valence-electron chi connectivity index (χ1n) is 3.92. The quantitative estimate of drug-likeness (QED) is 0.894. The molecule has 0 aliphatic carbocycles. The molecule has 4 nitrogen and oxygen atoms in total. The van der Waals surface area contributed by atoms with Crippen LogP contribution in [-0.4, -0.2) is 16.1 Å². The first-order chi connectivity index (χ1) is 6.65. The van der Waals surface area contributed by atoms with Crippen LogP contribution in [0.15, 0.2) is 27.4 Å². The topological polar surface area (TPSA) is 63.3 Å². The molecule has 0 amide bonds. The molecule has 1 heterocycles. The second-order valence-corrected chi connectivity index (χ2v) is 3.52. The first kappa shape index (κ1) is 9.21. The lowest BCUT2D eigenvalue weighted by atomic mass is 10.1. The van der Waals surface area contributed by atoms with Crippen molar-refractivity contribution in [2.75, 3.05) is 0 Å². The van der Waals surface area contributed by atoms with Crippen LogP contribution in [0.25, 0.3) is 11.1 Å². The first-order valence-corrected chi connectivity index (χ1v) is 4.71. The van der Waals surface area contributed by atoms with Gasteiger partial charge >= 0.3 is 5.97 Å². The highest BCUT2D eigenvalue weighted by atomic mass is 79.9. The van der Waals surface area contributed by atoms with E-state index in [0.717, 1.165) is 0 Å². The van der Waals surface area contributed by atoms with Gasteiger partial charge in [0.05, 0.1) is 6.42 Å². The summed E-state index contributed by atoms with van der Waals surface area (Å²) in [6, 6.07) is 5.14. The summed E-state index contributed by atoms with van der Waals surface area (Å²) in [6.07, 6.45) is 0.000416. The zero-order valence-corrected chi connectivity index (χ0v) is 8.61. The van der Waals surface area contributed by atoms with Gasteiger partial charge in [0.25, 0.3) is 4.80 Å². The molecule has 1 aromatic carbocycles. The number of hydrogen-bond donors (Lipinski definition) is 1. The standard InChI is InChI=1S/C9H6BrNO3/c10-9-11-6-3-5(4-8(12)13)1-2-7(6)14-9/h1-3H,4H2,(H,12,13). The number of halogens is 1. The minimum absolute atomic E-state index is 0.000416. The highest BCUT2D eigenvalue weighted by Gasteiger charge is 2.05. The third-order valence-corrected chi connectivity index (χ3v) is 2.12. The monoisotopic (exact) mass is 255 g/mol. The highest BCUT2D eigenvalue weighted by Crippen LogP contribution is 2.20. The van der Waals surface area contributed by atoms with Crippen molar-refractivity contribution in [1.29, 1.82) is 0 Å². The Morgan fingerprint density at radius 1 is 1.57 bits per heavy atom. The number of nitrogens with zero attached hydrogens (tertiary/aromatic N) is 1. The van der Waals surface area contributed by atoms with Gasteiger partial charge in [-0.1, -0.05) is 6.07 Å². The molecule has 0 radical (unpaired) electrons. The lowest BCUT2D eigenvalue weighted by Gasteiger charge is -1.94. The average molecular weight is 256 g/mol. The van der Waals surface area contributed by atoms with Crippen molar-refractivity contribution in [3.63, 3.8) is 0 Å². The molecule has 0 fully saturated rings. The number of hydrogen-bond acceptors (Lipinski definition) is 3. The van der Waals surface area contributed by atoms with Crippen LogP contribution < -0.4 is 0 Å². The van der Waals surface area contributed by atoms with Gasteiger partial charge < -0.3 is 9.52 Å². The van der Waals surface area contributed by atoms with Crippen molar-refractivity contribution in [3.05, 3.63) is 28.6 Å². The molecule has 0 saturated carbocycles. The molecule has 1 N–H and O–H groups in total. The fourth-order valence-corrected chi connectivity index (χ4v) is 1.59. The Kier molecular flexibility index (Phi) is 2.25. The molecule has 1 aromatic heterocycles. The van der Waals surface area contributed by atoms with Crippen LogP contribution in [0.1, 0.15) is 5.56 Å². The summed E-state index contributed by atoms with van der Waals surface area (Å²) in [5, 5.41) is 8.59. The highest BCUT2D eigenvalue weighted by molar-refractivity contribution is 9.10. The van der Waals surface area contributed by atoms with Crippen LogP contribution in [0.4, 0.5) is 0 Å². The van der Waals surface area contributed by atoms with Gasteiger partial charge in [-0.2, -0.15) is 0 Å². The summed E-state index contributed by atoms with van der Waals surface area (Å²) < 4.78 is 5.19. The third-order valence-electron chi connectivity index (χ3n) is 1.78. The van der Waals surface area contributed by atoms with Gasteiger partial charge in [0.1, 0.15) is 5.52 Å². The molecule has 5 heteroatoms. The minimum Gasteiger partial charge on any atom is -0.481 e. The summed E-state index contributed by atoms with van der Waals surface area (Å²) >= 11 is 3.11. The van der Waals surface area contributed by atoms with Crippen molar-refractivity contribution >= 4 is 33.0 Å². The van der Waals surface area contributed by atoms with Crippen LogP contribution in [0.3, 0.4) is 0 Å². The largest absolute Gasteiger partial charge is 0.481 e. The van der Waals surface area contributed by atoms with Crippen LogP contribution in [0, 0.1) is 0 Å². The van der Waals surface area contributed by atoms with E-state index in [1.54, 1.807) is 18.2 Å². The van der Waals surface area contributed by atoms with Crippen LogP contribution in [0.2, 0.25) is 0 Å². The maximum Gasteiger partial charge on any atom is 0.307 e. The molecular weight excluding hydrogens is 250 g/mol. The Balaban J connectivity index is 2.45. The molecule has 0 aliphatic heterocycles. The normalized spacial score (nSPS) is 10.6. The Morgan fingerprint density at radius 2 is 2.36 bits per heavy atom. The van der Waals surface area contributed by atoms with Crippen LogP contribution in [-0.2, 0) is 11.2 Å². The van der Waals surface area contributed by atoms with E-state index >= 15 is 0 Å². The van der Waals surface area contributed by atoms with Crippen molar-refractivity contribution < 1.29 is 14.3 Å². The van der Waals surface area contributed by atoms with Crippen molar-refractivity contribution in [3.8, 4) is 0 Å². The Hall–Kier alpha value is -1.36. The van der Waals surface area contributed by atoms with E-state index in [0.29, 0.717) is 21.5 Å². The number of rotatable bonds is 2. The molecule has 0 aliphatic rings. The van der Waals surface area contributed by atoms with Crippen LogP contribution >= 0.6 is 15.9 Å². The zero-order chi connectivity index (χ0) is 10.1. The second-order valence-electron chi connectivity index (χ2n) is 2.84. The molecule has 14 heavy (non-hydrogen) atoms. The van der Waals surface area contributed by atoms with Crippen molar-refractivity contribution in [1.82, 2.24) is 4.98 Å². The van der Waals surface area contributed by atoms with Gasteiger partial charge in [-0.05, 0) is 17.7 Å². The smallest absolute Gasteiger partial charge is 0.307 e. The Labute approximate surface area is 87.7 Å². The maximum absolute atomic E-state index is 10.5. The van der Waals surface area contributed by atoms with E-state index in [2.05, 4.69) is 20.9 Å². The average Bonchev–Trinajstić information content (AvgIpc) is 2.42. The molecule has 0 bridgehead atoms. The van der Waals surface area contributed by atoms with E-state index in [-0.39, 0.29) is 6.42 Å². The van der Waals surface area contributed by atoms with Gasteiger partial charge in [0.15, 0.2) is 5.58 Å². The van der Waals surface area contributed by atoms with Gasteiger partial charge in [-0.25, -0.2) is 4.98 Å². The second kappa shape index (κ2) is 3.42. The maximum atomic E-state index is 10.5.